The molecule has 0 aliphatic carbocycles. The van der Waals surface area contributed by atoms with Gasteiger partial charge in [-0.15, -0.1) is 11.8 Å². The maximum atomic E-state index is 13.2. The summed E-state index contributed by atoms with van der Waals surface area (Å²) in [7, 11) is -3.72. The SMILES string of the molecule is Cc1nc(-c2ccc(S(=O)(=O)N3CCSC3c3ccc([N+](=O)[O-])cc3)cc2)co1. The molecule has 0 spiro atoms. The first-order valence-electron chi connectivity index (χ1n) is 8.76. The fourth-order valence-electron chi connectivity index (χ4n) is 3.15. The van der Waals surface area contributed by atoms with E-state index in [1.54, 1.807) is 43.3 Å². The summed E-state index contributed by atoms with van der Waals surface area (Å²) >= 11 is 1.50. The van der Waals surface area contributed by atoms with Crippen molar-refractivity contribution < 1.29 is 17.8 Å². The molecule has 3 aromatic rings. The summed E-state index contributed by atoms with van der Waals surface area (Å²) < 4.78 is 33.1. The van der Waals surface area contributed by atoms with E-state index in [4.69, 9.17) is 4.42 Å². The van der Waals surface area contributed by atoms with Crippen LogP contribution >= 0.6 is 11.8 Å². The summed E-state index contributed by atoms with van der Waals surface area (Å²) in [5, 5.41) is 10.4. The first-order chi connectivity index (χ1) is 13.9. The van der Waals surface area contributed by atoms with Crippen LogP contribution in [0.5, 0.6) is 0 Å². The van der Waals surface area contributed by atoms with E-state index in [9.17, 15) is 18.5 Å². The maximum Gasteiger partial charge on any atom is 0.269 e. The van der Waals surface area contributed by atoms with E-state index in [0.717, 1.165) is 11.1 Å². The summed E-state index contributed by atoms with van der Waals surface area (Å²) in [6.45, 7) is 2.12. The van der Waals surface area contributed by atoms with Gasteiger partial charge in [0.25, 0.3) is 5.69 Å². The number of rotatable bonds is 5. The Morgan fingerprint density at radius 2 is 1.86 bits per heavy atom. The van der Waals surface area contributed by atoms with Crippen LogP contribution in [0.4, 0.5) is 5.69 Å². The van der Waals surface area contributed by atoms with Crippen molar-refractivity contribution in [3.63, 3.8) is 0 Å². The van der Waals surface area contributed by atoms with Gasteiger partial charge in [0, 0.05) is 36.9 Å². The van der Waals surface area contributed by atoms with E-state index < -0.39 is 20.3 Å². The van der Waals surface area contributed by atoms with Crippen LogP contribution < -0.4 is 0 Å². The first kappa shape index (κ1) is 19.6. The topological polar surface area (TPSA) is 107 Å². The molecular formula is C19H17N3O5S2. The summed E-state index contributed by atoms with van der Waals surface area (Å²) in [4.78, 5) is 14.8. The first-order valence-corrected chi connectivity index (χ1v) is 11.3. The third kappa shape index (κ3) is 3.78. The second-order valence-electron chi connectivity index (χ2n) is 6.46. The molecule has 150 valence electrons. The summed E-state index contributed by atoms with van der Waals surface area (Å²) in [5.74, 6) is 1.19. The number of nitro groups is 1. The number of sulfonamides is 1. The quantitative estimate of drug-likeness (QED) is 0.444. The van der Waals surface area contributed by atoms with Gasteiger partial charge in [-0.3, -0.25) is 10.1 Å². The van der Waals surface area contributed by atoms with E-state index in [1.165, 1.54) is 34.5 Å². The molecule has 29 heavy (non-hydrogen) atoms. The molecule has 1 saturated heterocycles. The summed E-state index contributed by atoms with van der Waals surface area (Å²) in [6.07, 6.45) is 1.53. The van der Waals surface area contributed by atoms with Gasteiger partial charge in [-0.1, -0.05) is 12.1 Å². The van der Waals surface area contributed by atoms with Gasteiger partial charge in [-0.25, -0.2) is 13.4 Å². The molecule has 0 bridgehead atoms. The minimum atomic E-state index is -3.72. The zero-order chi connectivity index (χ0) is 20.6. The molecule has 0 N–H and O–H groups in total. The molecule has 1 fully saturated rings. The van der Waals surface area contributed by atoms with Crippen LogP contribution in [-0.2, 0) is 10.0 Å². The highest BCUT2D eigenvalue weighted by Crippen LogP contribution is 2.41. The molecule has 1 aliphatic heterocycles. The zero-order valence-corrected chi connectivity index (χ0v) is 17.0. The predicted octanol–water partition coefficient (Wildman–Crippen LogP) is 3.99. The Balaban J connectivity index is 1.61. The van der Waals surface area contributed by atoms with Crippen LogP contribution in [0.2, 0.25) is 0 Å². The van der Waals surface area contributed by atoms with Gasteiger partial charge in [-0.2, -0.15) is 4.31 Å². The molecular weight excluding hydrogens is 414 g/mol. The molecule has 1 atom stereocenters. The van der Waals surface area contributed by atoms with Gasteiger partial charge in [-0.05, 0) is 29.8 Å². The summed E-state index contributed by atoms with van der Waals surface area (Å²) in [6, 6.07) is 12.5. The number of nitrogens with zero attached hydrogens (tertiary/aromatic N) is 3. The number of oxazole rings is 1. The standard InChI is InChI=1S/C19H17N3O5S2/c1-13-20-18(12-27-13)14-4-8-17(9-5-14)29(25,26)21-10-11-28-19(21)15-2-6-16(7-3-15)22(23)24/h2-9,12,19H,10-11H2,1H3. The van der Waals surface area contributed by atoms with Crippen LogP contribution in [0, 0.1) is 17.0 Å². The molecule has 0 amide bonds. The number of hydrogen-bond acceptors (Lipinski definition) is 7. The molecule has 8 nitrogen and oxygen atoms in total. The molecule has 10 heteroatoms. The highest BCUT2D eigenvalue weighted by molar-refractivity contribution is 8.01. The average molecular weight is 431 g/mol. The van der Waals surface area contributed by atoms with Crippen molar-refractivity contribution in [2.24, 2.45) is 0 Å². The third-order valence-electron chi connectivity index (χ3n) is 4.61. The Morgan fingerprint density at radius 1 is 1.17 bits per heavy atom. The van der Waals surface area contributed by atoms with Crippen molar-refractivity contribution >= 4 is 27.5 Å². The Kier molecular flexibility index (Phi) is 5.15. The maximum absolute atomic E-state index is 13.2. The number of aryl methyl sites for hydroxylation is 1. The van der Waals surface area contributed by atoms with Crippen LogP contribution in [0.15, 0.2) is 64.1 Å². The molecule has 1 aliphatic rings. The highest BCUT2D eigenvalue weighted by Gasteiger charge is 2.37. The van der Waals surface area contributed by atoms with Gasteiger partial charge < -0.3 is 4.42 Å². The molecule has 2 aromatic carbocycles. The van der Waals surface area contributed by atoms with Crippen LogP contribution in [0.1, 0.15) is 16.8 Å². The van der Waals surface area contributed by atoms with E-state index in [0.29, 0.717) is 23.9 Å². The molecule has 0 radical (unpaired) electrons. The van der Waals surface area contributed by atoms with E-state index in [-0.39, 0.29) is 10.6 Å². The second kappa shape index (κ2) is 7.62. The fraction of sp³-hybridized carbons (Fsp3) is 0.211. The van der Waals surface area contributed by atoms with Crippen LogP contribution in [0.25, 0.3) is 11.3 Å². The Morgan fingerprint density at radius 3 is 2.45 bits per heavy atom. The van der Waals surface area contributed by atoms with Crippen molar-refractivity contribution in [3.05, 3.63) is 76.4 Å². The smallest absolute Gasteiger partial charge is 0.269 e. The number of benzene rings is 2. The fourth-order valence-corrected chi connectivity index (χ4v) is 6.39. The molecule has 1 aromatic heterocycles. The minimum absolute atomic E-state index is 0.0233. The van der Waals surface area contributed by atoms with Crippen molar-refractivity contribution in [3.8, 4) is 11.3 Å². The predicted molar refractivity (Wildman–Crippen MR) is 109 cm³/mol. The Bertz CT molecular complexity index is 1140. The summed E-state index contributed by atoms with van der Waals surface area (Å²) in [5.41, 5.74) is 2.11. The minimum Gasteiger partial charge on any atom is -0.449 e. The van der Waals surface area contributed by atoms with Gasteiger partial charge >= 0.3 is 0 Å². The van der Waals surface area contributed by atoms with E-state index in [1.807, 2.05) is 0 Å². The van der Waals surface area contributed by atoms with Crippen molar-refractivity contribution in [1.82, 2.24) is 9.29 Å². The van der Waals surface area contributed by atoms with Gasteiger partial charge in [0.15, 0.2) is 5.89 Å². The highest BCUT2D eigenvalue weighted by atomic mass is 32.2. The molecule has 0 saturated carbocycles. The number of thioether (sulfide) groups is 1. The van der Waals surface area contributed by atoms with Gasteiger partial charge in [0.1, 0.15) is 12.0 Å². The van der Waals surface area contributed by atoms with E-state index >= 15 is 0 Å². The van der Waals surface area contributed by atoms with Gasteiger partial charge in [0.2, 0.25) is 10.0 Å². The van der Waals surface area contributed by atoms with Crippen molar-refractivity contribution in [2.75, 3.05) is 12.3 Å². The molecule has 4 rings (SSSR count). The lowest BCUT2D eigenvalue weighted by molar-refractivity contribution is -0.384. The number of hydrogen-bond donors (Lipinski definition) is 0. The van der Waals surface area contributed by atoms with Crippen molar-refractivity contribution in [1.29, 1.82) is 0 Å². The van der Waals surface area contributed by atoms with Crippen LogP contribution in [0.3, 0.4) is 0 Å². The Labute approximate surface area is 171 Å². The average Bonchev–Trinajstić information content (AvgIpc) is 3.38. The second-order valence-corrected chi connectivity index (χ2v) is 9.54. The third-order valence-corrected chi connectivity index (χ3v) is 7.89. The Hall–Kier alpha value is -2.69. The number of aromatic nitrogens is 1. The monoisotopic (exact) mass is 431 g/mol. The molecule has 1 unspecified atom stereocenters. The molecule has 2 heterocycles. The van der Waals surface area contributed by atoms with Crippen molar-refractivity contribution in [2.45, 2.75) is 17.2 Å². The normalized spacial score (nSPS) is 17.5. The van der Waals surface area contributed by atoms with Crippen LogP contribution in [-0.4, -0.2) is 34.9 Å². The van der Waals surface area contributed by atoms with E-state index in [2.05, 4.69) is 4.98 Å². The number of nitro benzene ring substituents is 1. The van der Waals surface area contributed by atoms with Gasteiger partial charge in [0.05, 0.1) is 15.2 Å². The lowest BCUT2D eigenvalue weighted by atomic mass is 10.2. The number of non-ortho nitro benzene ring substituents is 1. The lowest BCUT2D eigenvalue weighted by Crippen LogP contribution is -2.30. The largest absolute Gasteiger partial charge is 0.449 e. The lowest BCUT2D eigenvalue weighted by Gasteiger charge is -2.23. The zero-order valence-electron chi connectivity index (χ0n) is 15.4.